The highest BCUT2D eigenvalue weighted by molar-refractivity contribution is 5.18. The summed E-state index contributed by atoms with van der Waals surface area (Å²) >= 11 is 0. The fourth-order valence-electron chi connectivity index (χ4n) is 7.62. The number of hydrogen-bond acceptors (Lipinski definition) is 4. The third-order valence-corrected chi connectivity index (χ3v) is 8.58. The number of aliphatic hydroxyl groups excluding tert-OH is 1. The van der Waals surface area contributed by atoms with Gasteiger partial charge in [0.05, 0.1) is 11.7 Å². The molecule has 2 bridgehead atoms. The first-order chi connectivity index (χ1) is 11.9. The van der Waals surface area contributed by atoms with Crippen molar-refractivity contribution in [1.82, 2.24) is 10.6 Å². The summed E-state index contributed by atoms with van der Waals surface area (Å²) in [6, 6.07) is 0. The summed E-state index contributed by atoms with van der Waals surface area (Å²) in [5.41, 5.74) is -0.0719. The number of rotatable bonds is 5. The summed E-state index contributed by atoms with van der Waals surface area (Å²) < 4.78 is 0. The predicted octanol–water partition coefficient (Wildman–Crippen LogP) is 2.29. The van der Waals surface area contributed by atoms with Crippen LogP contribution in [0.2, 0.25) is 0 Å². The molecule has 7 atom stereocenters. The van der Waals surface area contributed by atoms with E-state index in [0.717, 1.165) is 51.7 Å². The van der Waals surface area contributed by atoms with Crippen molar-refractivity contribution in [3.05, 3.63) is 0 Å². The van der Waals surface area contributed by atoms with Crippen molar-refractivity contribution >= 4 is 0 Å². The molecule has 4 nitrogen and oxygen atoms in total. The Morgan fingerprint density at radius 1 is 1.08 bits per heavy atom. The third-order valence-electron chi connectivity index (χ3n) is 8.58. The molecule has 0 amide bonds. The van der Waals surface area contributed by atoms with Crippen LogP contribution in [0.4, 0.5) is 0 Å². The molecule has 25 heavy (non-hydrogen) atoms. The van der Waals surface area contributed by atoms with Crippen LogP contribution in [0, 0.1) is 28.6 Å². The van der Waals surface area contributed by atoms with Crippen LogP contribution in [0.1, 0.15) is 64.7 Å². The molecule has 4 aliphatic carbocycles. The van der Waals surface area contributed by atoms with Gasteiger partial charge in [0.15, 0.2) is 0 Å². The van der Waals surface area contributed by atoms with Gasteiger partial charge in [0.25, 0.3) is 0 Å². The zero-order chi connectivity index (χ0) is 17.7. The normalized spacial score (nSPS) is 51.8. The zero-order valence-electron chi connectivity index (χ0n) is 16.2. The highest BCUT2D eigenvalue weighted by Crippen LogP contribution is 2.70. The molecular weight excluding hydrogens is 312 g/mol. The van der Waals surface area contributed by atoms with E-state index in [1.807, 2.05) is 7.05 Å². The van der Waals surface area contributed by atoms with Gasteiger partial charge in [-0.1, -0.05) is 19.8 Å². The highest BCUT2D eigenvalue weighted by Gasteiger charge is 2.68. The predicted molar refractivity (Wildman–Crippen MR) is 100 cm³/mol. The van der Waals surface area contributed by atoms with Crippen LogP contribution in [-0.2, 0) is 0 Å². The summed E-state index contributed by atoms with van der Waals surface area (Å²) in [5.74, 6) is 1.34. The van der Waals surface area contributed by atoms with Gasteiger partial charge >= 0.3 is 0 Å². The van der Waals surface area contributed by atoms with Crippen molar-refractivity contribution in [1.29, 1.82) is 0 Å². The second kappa shape index (κ2) is 6.47. The first kappa shape index (κ1) is 18.2. The van der Waals surface area contributed by atoms with Crippen molar-refractivity contribution in [3.8, 4) is 0 Å². The molecule has 4 N–H and O–H groups in total. The van der Waals surface area contributed by atoms with Crippen LogP contribution in [-0.4, -0.2) is 48.6 Å². The number of aliphatic hydroxyl groups is 2. The lowest BCUT2D eigenvalue weighted by Crippen LogP contribution is -2.62. The Bertz CT molecular complexity index is 500. The molecule has 0 aromatic carbocycles. The summed E-state index contributed by atoms with van der Waals surface area (Å²) in [6.45, 7) is 5.41. The highest BCUT2D eigenvalue weighted by atomic mass is 16.3. The molecule has 0 saturated heterocycles. The number of likely N-dealkylation sites (N-methyl/N-ethyl adjacent to an activating group) is 1. The number of hydrogen-bond donors (Lipinski definition) is 4. The maximum atomic E-state index is 11.5. The summed E-state index contributed by atoms with van der Waals surface area (Å²) in [5, 5.41) is 29.5. The van der Waals surface area contributed by atoms with Crippen LogP contribution >= 0.6 is 0 Å². The van der Waals surface area contributed by atoms with Gasteiger partial charge in [-0.25, -0.2) is 0 Å². The van der Waals surface area contributed by atoms with Gasteiger partial charge in [-0.05, 0) is 87.1 Å². The van der Waals surface area contributed by atoms with E-state index in [-0.39, 0.29) is 11.5 Å². The van der Waals surface area contributed by atoms with E-state index in [1.54, 1.807) is 0 Å². The molecule has 0 aromatic rings. The van der Waals surface area contributed by atoms with Crippen molar-refractivity contribution in [2.24, 2.45) is 28.6 Å². The largest absolute Gasteiger partial charge is 0.393 e. The summed E-state index contributed by atoms with van der Waals surface area (Å²) in [6.07, 6.45) is 9.86. The molecule has 0 aliphatic heterocycles. The minimum atomic E-state index is -0.507. The van der Waals surface area contributed by atoms with Gasteiger partial charge in [0.1, 0.15) is 0 Å². The number of nitrogens with one attached hydrogen (secondary N) is 2. The van der Waals surface area contributed by atoms with E-state index in [2.05, 4.69) is 17.6 Å². The quantitative estimate of drug-likeness (QED) is 0.575. The first-order valence-corrected chi connectivity index (χ1v) is 10.7. The molecule has 1 spiro atoms. The zero-order valence-corrected chi connectivity index (χ0v) is 16.2. The van der Waals surface area contributed by atoms with Gasteiger partial charge in [-0.3, -0.25) is 0 Å². The van der Waals surface area contributed by atoms with Gasteiger partial charge in [-0.2, -0.15) is 0 Å². The summed E-state index contributed by atoms with van der Waals surface area (Å²) in [7, 11) is 2.00. The molecule has 0 heterocycles. The van der Waals surface area contributed by atoms with E-state index >= 15 is 0 Å². The Balaban J connectivity index is 1.53. The SMILES string of the molecule is CNCCNC[C@H]1CCC[C@@]12C[C@@H]1[C@H]2[C@@H](O)C[C@]2(C)CCC[C@@]1(O)C2. The van der Waals surface area contributed by atoms with E-state index in [4.69, 9.17) is 0 Å². The fourth-order valence-corrected chi connectivity index (χ4v) is 7.62. The van der Waals surface area contributed by atoms with Gasteiger partial charge < -0.3 is 20.8 Å². The van der Waals surface area contributed by atoms with E-state index in [0.29, 0.717) is 23.2 Å². The smallest absolute Gasteiger partial charge is 0.0685 e. The molecule has 144 valence electrons. The Kier molecular flexibility index (Phi) is 4.71. The first-order valence-electron chi connectivity index (χ1n) is 10.7. The van der Waals surface area contributed by atoms with E-state index in [1.165, 1.54) is 25.7 Å². The maximum absolute atomic E-state index is 11.5. The molecule has 4 fully saturated rings. The lowest BCUT2D eigenvalue weighted by atomic mass is 9.44. The topological polar surface area (TPSA) is 64.5 Å². The van der Waals surface area contributed by atoms with Crippen molar-refractivity contribution < 1.29 is 10.2 Å². The average molecular weight is 351 g/mol. The Labute approximate surface area is 153 Å². The Hall–Kier alpha value is -0.160. The molecule has 4 saturated carbocycles. The molecule has 0 aromatic heterocycles. The van der Waals surface area contributed by atoms with Crippen LogP contribution in [0.3, 0.4) is 0 Å². The van der Waals surface area contributed by atoms with E-state index < -0.39 is 5.60 Å². The lowest BCUT2D eigenvalue weighted by Gasteiger charge is -2.62. The van der Waals surface area contributed by atoms with Crippen LogP contribution in [0.5, 0.6) is 0 Å². The average Bonchev–Trinajstić information content (AvgIpc) is 2.92. The van der Waals surface area contributed by atoms with Crippen molar-refractivity contribution in [3.63, 3.8) is 0 Å². The monoisotopic (exact) mass is 350 g/mol. The van der Waals surface area contributed by atoms with Gasteiger partial charge in [0, 0.05) is 13.1 Å². The van der Waals surface area contributed by atoms with Gasteiger partial charge in [0.2, 0.25) is 0 Å². The van der Waals surface area contributed by atoms with Crippen molar-refractivity contribution in [2.45, 2.75) is 76.4 Å². The minimum Gasteiger partial charge on any atom is -0.393 e. The molecule has 4 aliphatic rings. The molecule has 0 radical (unpaired) electrons. The minimum absolute atomic E-state index is 0.143. The molecule has 4 rings (SSSR count). The number of fused-ring (bicyclic) bond motifs is 5. The molecule has 4 heteroatoms. The molecular formula is C21H38N2O2. The van der Waals surface area contributed by atoms with Crippen LogP contribution in [0.25, 0.3) is 0 Å². The maximum Gasteiger partial charge on any atom is 0.0685 e. The molecule has 0 unspecified atom stereocenters. The third kappa shape index (κ3) is 2.88. The van der Waals surface area contributed by atoms with Crippen LogP contribution < -0.4 is 10.6 Å². The lowest BCUT2D eigenvalue weighted by molar-refractivity contribution is -0.204. The van der Waals surface area contributed by atoms with Crippen LogP contribution in [0.15, 0.2) is 0 Å². The fraction of sp³-hybridized carbons (Fsp3) is 1.00. The van der Waals surface area contributed by atoms with E-state index in [9.17, 15) is 10.2 Å². The Morgan fingerprint density at radius 3 is 2.72 bits per heavy atom. The standard InChI is InChI=1S/C21H38N2O2/c1-19-6-4-8-21(25,14-19)16-11-20(18(16)17(24)12-19)7-3-5-15(20)13-23-10-9-22-2/h15-18,22-25H,3-14H2,1-2H3/t15-,16-,17+,18+,19+,20-,21-/m1/s1. The second-order valence-electron chi connectivity index (χ2n) is 10.2. The summed E-state index contributed by atoms with van der Waals surface area (Å²) in [4.78, 5) is 0. The van der Waals surface area contributed by atoms with Gasteiger partial charge in [-0.15, -0.1) is 0 Å². The second-order valence-corrected chi connectivity index (χ2v) is 10.2. The van der Waals surface area contributed by atoms with Crippen molar-refractivity contribution in [2.75, 3.05) is 26.7 Å². The Morgan fingerprint density at radius 2 is 1.92 bits per heavy atom.